The van der Waals surface area contributed by atoms with Gasteiger partial charge >= 0.3 is 6.18 Å². The van der Waals surface area contributed by atoms with Crippen molar-refractivity contribution in [1.82, 2.24) is 32.9 Å². The molecule has 502 valence electrons. The van der Waals surface area contributed by atoms with Crippen LogP contribution in [0.4, 0.5) is 22.0 Å². The highest BCUT2D eigenvalue weighted by Gasteiger charge is 2.39. The van der Waals surface area contributed by atoms with Gasteiger partial charge in [-0.05, 0) is 163 Å². The number of rotatable bonds is 22. The van der Waals surface area contributed by atoms with Gasteiger partial charge < -0.3 is 23.2 Å². The van der Waals surface area contributed by atoms with Gasteiger partial charge in [-0.2, -0.15) is 13.2 Å². The average molecular weight is 1340 g/mol. The van der Waals surface area contributed by atoms with Crippen molar-refractivity contribution in [3.8, 4) is 11.1 Å². The first-order chi connectivity index (χ1) is 43.2. The van der Waals surface area contributed by atoms with Gasteiger partial charge in [-0.3, -0.25) is 4.98 Å². The summed E-state index contributed by atoms with van der Waals surface area (Å²) in [7, 11) is -9.93. The van der Waals surface area contributed by atoms with Gasteiger partial charge in [-0.15, -0.1) is 0 Å². The maximum atomic E-state index is 15.2. The lowest BCUT2D eigenvalue weighted by Gasteiger charge is -2.25. The van der Waals surface area contributed by atoms with Crippen LogP contribution in [0.25, 0.3) is 49.4 Å². The van der Waals surface area contributed by atoms with Gasteiger partial charge in [0.2, 0.25) is 30.1 Å². The topological polar surface area (TPSA) is 185 Å². The van der Waals surface area contributed by atoms with Gasteiger partial charge in [0.1, 0.15) is 11.6 Å². The summed E-state index contributed by atoms with van der Waals surface area (Å²) < 4.78 is 170. The number of nitrogens with zero attached hydrogens (tertiary/aromatic N) is 4. The van der Waals surface area contributed by atoms with Gasteiger partial charge in [-0.1, -0.05) is 86.6 Å². The van der Waals surface area contributed by atoms with E-state index in [2.05, 4.69) is 100 Å². The van der Waals surface area contributed by atoms with Gasteiger partial charge in [0.15, 0.2) is 5.69 Å². The zero-order chi connectivity index (χ0) is 66.3. The largest absolute Gasteiger partial charge is 0.433 e. The normalized spacial score (nSPS) is 17.4. The van der Waals surface area contributed by atoms with Crippen LogP contribution in [0.2, 0.25) is 0 Å². The average Bonchev–Trinajstić information content (AvgIpc) is 1.53. The van der Waals surface area contributed by atoms with Crippen LogP contribution in [-0.4, -0.2) is 86.1 Å². The maximum absolute atomic E-state index is 15.2. The van der Waals surface area contributed by atoms with E-state index >= 15 is 8.78 Å². The third-order valence-electron chi connectivity index (χ3n) is 18.5. The molecule has 0 radical (unpaired) electrons. The second-order valence-electron chi connectivity index (χ2n) is 28.4. The number of ether oxygens (including phenoxy) is 2. The van der Waals surface area contributed by atoms with Crippen LogP contribution in [0.15, 0.2) is 85.5 Å². The Labute approximate surface area is 539 Å². The van der Waals surface area contributed by atoms with E-state index in [1.54, 1.807) is 12.3 Å². The summed E-state index contributed by atoms with van der Waals surface area (Å²) in [6.45, 7) is 24.9. The fourth-order valence-electron chi connectivity index (χ4n) is 12.0. The number of aromatic nitrogens is 4. The second-order valence-corrected chi connectivity index (χ2v) is 34.6. The molecule has 3 aromatic carbocycles. The quantitative estimate of drug-likeness (QED) is 0.0556. The highest BCUT2D eigenvalue weighted by molar-refractivity contribution is 7.90. The van der Waals surface area contributed by atoms with Crippen molar-refractivity contribution >= 4 is 68.4 Å². The van der Waals surface area contributed by atoms with E-state index in [-0.39, 0.29) is 62.7 Å². The molecule has 6 heterocycles. The Kier molecular flexibility index (Phi) is 20.6. The molecule has 3 saturated carbocycles. The molecule has 0 spiro atoms. The van der Waals surface area contributed by atoms with Crippen LogP contribution in [-0.2, 0) is 85.0 Å². The molecule has 0 unspecified atom stereocenters. The van der Waals surface area contributed by atoms with Crippen molar-refractivity contribution in [2.75, 3.05) is 26.4 Å². The molecule has 15 nitrogen and oxygen atoms in total. The number of hydrogen-bond donors (Lipinski definition) is 3. The zero-order valence-corrected chi connectivity index (χ0v) is 56.9. The molecule has 92 heavy (non-hydrogen) atoms. The molecule has 4 fully saturated rings. The third kappa shape index (κ3) is 16.9. The van der Waals surface area contributed by atoms with E-state index in [0.717, 1.165) is 117 Å². The molecular formula is C69H90F5N7O8S3. The number of nitrogens with one attached hydrogen (secondary N) is 3. The van der Waals surface area contributed by atoms with Crippen LogP contribution in [0, 0.1) is 27.9 Å². The smallest absolute Gasteiger partial charge is 0.381 e. The molecule has 5 aliphatic rings. The van der Waals surface area contributed by atoms with Crippen molar-refractivity contribution in [2.24, 2.45) is 16.2 Å². The predicted octanol–water partition coefficient (Wildman–Crippen LogP) is 14.6. The van der Waals surface area contributed by atoms with E-state index in [9.17, 15) is 38.4 Å². The monoisotopic (exact) mass is 1340 g/mol. The lowest BCUT2D eigenvalue weighted by Crippen LogP contribution is -2.26. The van der Waals surface area contributed by atoms with E-state index in [4.69, 9.17) is 9.47 Å². The standard InChI is InChI=1S/C23H25F4N3O2S.C23H33FN2O3S.C23H32N2O3S/c1-22(2,3)13-30-12-14(11-29-33(31,32)15-6-7-15)17-9-19(24)18(10-20(17)30)16-5-4-8-28-21(16)23(25,26)27;1-4-23(2,3)15-26-14-17(13-25-30(27,28)18-5-6-18)20-11-21(24)19(12-22(20)26)16-7-9-29-10-8-16;1-4-23(2,3)16-25-15-19(14-24-29(26,27)20-6-7-20)21-8-5-18(13-22(21)25)17-9-11-28-12-10-17/h4-5,8-10,12,15,29H,6-7,11,13H2,1-3H3;11-12,14,16,18,25H,4-10,13,15H2,1-3H3;5,8-9,13,15,20,24H,4,6-7,10-12,14,16H2,1-3H3. The Morgan fingerprint density at radius 1 is 0.554 bits per heavy atom. The number of sulfonamides is 3. The van der Waals surface area contributed by atoms with Crippen LogP contribution in [0.3, 0.4) is 0 Å². The predicted molar refractivity (Wildman–Crippen MR) is 354 cm³/mol. The lowest BCUT2D eigenvalue weighted by atomic mass is 9.89. The van der Waals surface area contributed by atoms with E-state index in [1.165, 1.54) is 40.9 Å². The molecule has 3 aliphatic carbocycles. The summed E-state index contributed by atoms with van der Waals surface area (Å²) in [5.41, 5.74) is 6.82. The highest BCUT2D eigenvalue weighted by atomic mass is 32.2. The number of fused-ring (bicyclic) bond motifs is 3. The molecular weight excluding hydrogens is 1250 g/mol. The van der Waals surface area contributed by atoms with Crippen LogP contribution in [0.5, 0.6) is 0 Å². The summed E-state index contributed by atoms with van der Waals surface area (Å²) in [6, 6.07) is 15.3. The number of pyridine rings is 1. The summed E-state index contributed by atoms with van der Waals surface area (Å²) in [6.07, 6.45) is 13.3. The Morgan fingerprint density at radius 2 is 1.03 bits per heavy atom. The Morgan fingerprint density at radius 3 is 1.50 bits per heavy atom. The first-order valence-electron chi connectivity index (χ1n) is 32.3. The molecule has 12 rings (SSSR count). The van der Waals surface area contributed by atoms with Crippen LogP contribution in [0.1, 0.15) is 172 Å². The summed E-state index contributed by atoms with van der Waals surface area (Å²) >= 11 is 0. The number of halogens is 5. The molecule has 1 saturated heterocycles. The minimum Gasteiger partial charge on any atom is -0.381 e. The van der Waals surface area contributed by atoms with E-state index in [0.29, 0.717) is 62.2 Å². The summed E-state index contributed by atoms with van der Waals surface area (Å²) in [4.78, 5) is 3.44. The minimum atomic E-state index is -4.74. The fraction of sp³-hybridized carbons (Fsp3) is 0.551. The maximum Gasteiger partial charge on any atom is 0.433 e. The second kappa shape index (κ2) is 27.3. The molecule has 4 aromatic heterocycles. The molecule has 2 aliphatic heterocycles. The van der Waals surface area contributed by atoms with Gasteiger partial charge in [0.05, 0.1) is 29.0 Å². The molecule has 3 N–H and O–H groups in total. The Balaban J connectivity index is 0.000000152. The fourth-order valence-corrected chi connectivity index (χ4v) is 16.1. The molecule has 0 amide bonds. The van der Waals surface area contributed by atoms with E-state index in [1.807, 2.05) is 37.6 Å². The number of benzene rings is 3. The lowest BCUT2D eigenvalue weighted by molar-refractivity contribution is -0.140. The summed E-state index contributed by atoms with van der Waals surface area (Å²) in [5.74, 6) is -0.864. The minimum absolute atomic E-state index is 0.0219. The van der Waals surface area contributed by atoms with Crippen molar-refractivity contribution in [3.05, 3.63) is 131 Å². The van der Waals surface area contributed by atoms with Gasteiger partial charge in [0.25, 0.3) is 0 Å². The molecule has 7 aromatic rings. The van der Waals surface area contributed by atoms with Gasteiger partial charge in [0, 0.05) is 121 Å². The first-order valence-corrected chi connectivity index (χ1v) is 37.0. The van der Waals surface area contributed by atoms with Gasteiger partial charge in [-0.25, -0.2) is 48.2 Å². The van der Waals surface area contributed by atoms with Crippen LogP contribution >= 0.6 is 0 Å². The first kappa shape index (κ1) is 69.3. The van der Waals surface area contributed by atoms with Crippen LogP contribution < -0.4 is 14.2 Å². The van der Waals surface area contributed by atoms with Crippen molar-refractivity contribution in [1.29, 1.82) is 0 Å². The SMILES string of the molecule is CC(C)(C)Cn1cc(CNS(=O)(=O)C2CC2)c2cc(F)c(-c3cccnc3C(F)(F)F)cc21.CCC(C)(C)Cn1cc(CNS(=O)(=O)C2CC2)c2cc(F)c(C3CCOCC3)cc21.CCC(C)(C)Cn1cc(CNS(=O)(=O)C2CC2)c2ccc(C3=CCOCC3)cc21. The molecule has 23 heteroatoms. The van der Waals surface area contributed by atoms with E-state index < -0.39 is 53.0 Å². The Hall–Kier alpha value is -5.53. The molecule has 0 atom stereocenters. The summed E-state index contributed by atoms with van der Waals surface area (Å²) in [5, 5.41) is 1.54. The number of hydrogen-bond acceptors (Lipinski definition) is 9. The number of alkyl halides is 3. The zero-order valence-electron chi connectivity index (χ0n) is 54.4. The third-order valence-corrected chi connectivity index (χ3v) is 24.2. The Bertz CT molecular complexity index is 4210. The molecule has 0 bridgehead atoms. The van der Waals surface area contributed by atoms with Crippen molar-refractivity contribution < 1.29 is 56.7 Å². The van der Waals surface area contributed by atoms with Crippen molar-refractivity contribution in [2.45, 2.75) is 200 Å². The highest BCUT2D eigenvalue weighted by Crippen LogP contribution is 2.41. The van der Waals surface area contributed by atoms with Crippen molar-refractivity contribution in [3.63, 3.8) is 0 Å².